The van der Waals surface area contributed by atoms with Gasteiger partial charge in [0.15, 0.2) is 17.3 Å². The normalized spacial score (nSPS) is 10.9. The van der Waals surface area contributed by atoms with E-state index in [1.807, 2.05) is 18.2 Å². The molecule has 0 bridgehead atoms. The third kappa shape index (κ3) is 4.09. The Hall–Kier alpha value is -3.88. The predicted molar refractivity (Wildman–Crippen MR) is 108 cm³/mol. The Bertz CT molecular complexity index is 1260. The molecule has 1 N–H and O–H groups in total. The molecule has 1 aromatic carbocycles. The first kappa shape index (κ1) is 19.4. The van der Waals surface area contributed by atoms with Gasteiger partial charge in [-0.15, -0.1) is 0 Å². The summed E-state index contributed by atoms with van der Waals surface area (Å²) in [7, 11) is 1.53. The van der Waals surface area contributed by atoms with Crippen LogP contribution in [0, 0.1) is 11.6 Å². The lowest BCUT2D eigenvalue weighted by atomic mass is 10.3. The molecule has 0 radical (unpaired) electrons. The molecule has 7 nitrogen and oxygen atoms in total. The SMILES string of the molecule is Cn1c(=O)c(Oc2ccc(F)cc2F)cc2cnc(NCCc3ccccn3)nc21. The molecule has 0 spiro atoms. The molecule has 3 aromatic heterocycles. The summed E-state index contributed by atoms with van der Waals surface area (Å²) in [5.41, 5.74) is 0.819. The van der Waals surface area contributed by atoms with Crippen molar-refractivity contribution >= 4 is 17.0 Å². The van der Waals surface area contributed by atoms with E-state index in [1.165, 1.54) is 17.7 Å². The van der Waals surface area contributed by atoms with Crippen LogP contribution in [-0.4, -0.2) is 26.1 Å². The number of aromatic nitrogens is 4. The number of benzene rings is 1. The molecule has 0 amide bonds. The second-order valence-electron chi connectivity index (χ2n) is 6.52. The van der Waals surface area contributed by atoms with E-state index in [2.05, 4.69) is 20.3 Å². The Balaban J connectivity index is 1.57. The highest BCUT2D eigenvalue weighted by Crippen LogP contribution is 2.24. The van der Waals surface area contributed by atoms with Gasteiger partial charge in [0.1, 0.15) is 11.5 Å². The zero-order valence-electron chi connectivity index (χ0n) is 16.0. The third-order valence-electron chi connectivity index (χ3n) is 4.42. The molecule has 9 heteroatoms. The van der Waals surface area contributed by atoms with Crippen LogP contribution in [-0.2, 0) is 13.5 Å². The minimum absolute atomic E-state index is 0.116. The van der Waals surface area contributed by atoms with Gasteiger partial charge in [-0.1, -0.05) is 6.07 Å². The standard InChI is InChI=1S/C21H17F2N5O2/c1-28-19-13(10-18(20(28)29)30-17-6-5-14(22)11-16(17)23)12-26-21(27-19)25-9-7-15-4-2-3-8-24-15/h2-6,8,10-12H,7,9H2,1H3,(H,25,26,27). The van der Waals surface area contributed by atoms with Crippen LogP contribution >= 0.6 is 0 Å². The zero-order valence-corrected chi connectivity index (χ0v) is 16.0. The van der Waals surface area contributed by atoms with E-state index in [0.29, 0.717) is 36.0 Å². The minimum Gasteiger partial charge on any atom is -0.448 e. The largest absolute Gasteiger partial charge is 0.448 e. The highest BCUT2D eigenvalue weighted by molar-refractivity contribution is 5.76. The van der Waals surface area contributed by atoms with Crippen LogP contribution in [0.25, 0.3) is 11.0 Å². The smallest absolute Gasteiger partial charge is 0.294 e. The van der Waals surface area contributed by atoms with E-state index in [1.54, 1.807) is 12.4 Å². The van der Waals surface area contributed by atoms with Crippen LogP contribution in [0.3, 0.4) is 0 Å². The maximum absolute atomic E-state index is 13.9. The van der Waals surface area contributed by atoms with Gasteiger partial charge < -0.3 is 10.1 Å². The summed E-state index contributed by atoms with van der Waals surface area (Å²) in [5, 5.41) is 3.64. The summed E-state index contributed by atoms with van der Waals surface area (Å²) in [6.45, 7) is 0.571. The number of halogens is 2. The predicted octanol–water partition coefficient (Wildman–Crippen LogP) is 3.45. The fourth-order valence-corrected chi connectivity index (χ4v) is 2.90. The van der Waals surface area contributed by atoms with Crippen LogP contribution in [0.4, 0.5) is 14.7 Å². The number of fused-ring (bicyclic) bond motifs is 1. The molecule has 0 unspecified atom stereocenters. The molecule has 0 saturated heterocycles. The first-order valence-electron chi connectivity index (χ1n) is 9.15. The van der Waals surface area contributed by atoms with E-state index >= 15 is 0 Å². The van der Waals surface area contributed by atoms with Crippen molar-refractivity contribution in [2.45, 2.75) is 6.42 Å². The zero-order chi connectivity index (χ0) is 21.1. The third-order valence-corrected chi connectivity index (χ3v) is 4.42. The van der Waals surface area contributed by atoms with E-state index in [9.17, 15) is 13.6 Å². The van der Waals surface area contributed by atoms with Crippen LogP contribution in [0.15, 0.2) is 59.7 Å². The van der Waals surface area contributed by atoms with Crippen molar-refractivity contribution in [3.05, 3.63) is 82.5 Å². The number of aryl methyl sites for hydroxylation is 1. The van der Waals surface area contributed by atoms with Crippen molar-refractivity contribution in [2.75, 3.05) is 11.9 Å². The van der Waals surface area contributed by atoms with Crippen molar-refractivity contribution in [1.29, 1.82) is 0 Å². The van der Waals surface area contributed by atoms with Crippen molar-refractivity contribution in [3.63, 3.8) is 0 Å². The molecule has 4 rings (SSSR count). The molecule has 0 aliphatic heterocycles. The molecule has 0 saturated carbocycles. The molecule has 0 fully saturated rings. The van der Waals surface area contributed by atoms with E-state index in [4.69, 9.17) is 4.74 Å². The molecule has 4 aromatic rings. The number of nitrogens with zero attached hydrogens (tertiary/aromatic N) is 4. The van der Waals surface area contributed by atoms with E-state index in [-0.39, 0.29) is 11.5 Å². The lowest BCUT2D eigenvalue weighted by Gasteiger charge is -2.11. The number of pyridine rings is 2. The molecule has 30 heavy (non-hydrogen) atoms. The number of nitrogens with one attached hydrogen (secondary N) is 1. The Morgan fingerprint density at radius 3 is 2.73 bits per heavy atom. The average molecular weight is 409 g/mol. The van der Waals surface area contributed by atoms with Crippen LogP contribution in [0.5, 0.6) is 11.5 Å². The number of rotatable bonds is 6. The van der Waals surface area contributed by atoms with Crippen LogP contribution < -0.4 is 15.6 Å². The summed E-state index contributed by atoms with van der Waals surface area (Å²) in [6.07, 6.45) is 3.96. The van der Waals surface area contributed by atoms with Gasteiger partial charge in [0.25, 0.3) is 5.56 Å². The number of anilines is 1. The first-order chi connectivity index (χ1) is 14.5. The first-order valence-corrected chi connectivity index (χ1v) is 9.15. The van der Waals surface area contributed by atoms with E-state index < -0.39 is 17.2 Å². The van der Waals surface area contributed by atoms with Crippen LogP contribution in [0.2, 0.25) is 0 Å². The van der Waals surface area contributed by atoms with Gasteiger partial charge in [-0.3, -0.25) is 14.3 Å². The maximum Gasteiger partial charge on any atom is 0.294 e. The van der Waals surface area contributed by atoms with Crippen molar-refractivity contribution in [3.8, 4) is 11.5 Å². The highest BCUT2D eigenvalue weighted by atomic mass is 19.1. The van der Waals surface area contributed by atoms with Gasteiger partial charge in [0, 0.05) is 49.6 Å². The van der Waals surface area contributed by atoms with Gasteiger partial charge in [0.2, 0.25) is 5.95 Å². The summed E-state index contributed by atoms with van der Waals surface area (Å²) in [6, 6.07) is 9.99. The summed E-state index contributed by atoms with van der Waals surface area (Å²) < 4.78 is 33.6. The van der Waals surface area contributed by atoms with Crippen molar-refractivity contribution in [1.82, 2.24) is 19.5 Å². The molecular formula is C21H17F2N5O2. The second kappa shape index (κ2) is 8.24. The quantitative estimate of drug-likeness (QED) is 0.525. The number of hydrogen-bond acceptors (Lipinski definition) is 6. The van der Waals surface area contributed by atoms with Gasteiger partial charge in [-0.05, 0) is 30.3 Å². The summed E-state index contributed by atoms with van der Waals surface area (Å²) in [4.78, 5) is 25.5. The summed E-state index contributed by atoms with van der Waals surface area (Å²) >= 11 is 0. The lowest BCUT2D eigenvalue weighted by Crippen LogP contribution is -2.20. The Kier molecular flexibility index (Phi) is 5.34. The fourth-order valence-electron chi connectivity index (χ4n) is 2.90. The monoisotopic (exact) mass is 409 g/mol. The summed E-state index contributed by atoms with van der Waals surface area (Å²) in [5.74, 6) is -1.63. The fraction of sp³-hybridized carbons (Fsp3) is 0.143. The maximum atomic E-state index is 13.9. The molecule has 0 aliphatic rings. The second-order valence-corrected chi connectivity index (χ2v) is 6.52. The molecule has 152 valence electrons. The molecule has 0 aliphatic carbocycles. The topological polar surface area (TPSA) is 81.9 Å². The molecule has 0 atom stereocenters. The van der Waals surface area contributed by atoms with Gasteiger partial charge in [-0.25, -0.2) is 13.8 Å². The minimum atomic E-state index is -0.902. The van der Waals surface area contributed by atoms with Crippen LogP contribution in [0.1, 0.15) is 5.69 Å². The number of ether oxygens (including phenoxy) is 1. The molecule has 3 heterocycles. The van der Waals surface area contributed by atoms with E-state index in [0.717, 1.165) is 17.8 Å². The lowest BCUT2D eigenvalue weighted by molar-refractivity contribution is 0.430. The Morgan fingerprint density at radius 2 is 1.97 bits per heavy atom. The Morgan fingerprint density at radius 1 is 1.10 bits per heavy atom. The van der Waals surface area contributed by atoms with Crippen molar-refractivity contribution < 1.29 is 13.5 Å². The Labute approximate surface area is 170 Å². The van der Waals surface area contributed by atoms with Gasteiger partial charge in [0.05, 0.1) is 0 Å². The molecular weight excluding hydrogens is 392 g/mol. The number of hydrogen-bond donors (Lipinski definition) is 1. The van der Waals surface area contributed by atoms with Crippen molar-refractivity contribution in [2.24, 2.45) is 7.05 Å². The average Bonchev–Trinajstić information content (AvgIpc) is 2.75. The highest BCUT2D eigenvalue weighted by Gasteiger charge is 2.14. The van der Waals surface area contributed by atoms with Gasteiger partial charge >= 0.3 is 0 Å². The van der Waals surface area contributed by atoms with Gasteiger partial charge in [-0.2, -0.15) is 4.98 Å².